The highest BCUT2D eigenvalue weighted by Gasteiger charge is 2.39. The number of benzene rings is 12. The molecule has 0 amide bonds. The molecule has 3 aliphatic rings. The molecule has 3 aliphatic carbocycles. The third kappa shape index (κ3) is 9.65. The van der Waals surface area contributed by atoms with Crippen LogP contribution in [0.15, 0.2) is 273 Å². The summed E-state index contributed by atoms with van der Waals surface area (Å²) in [5, 5.41) is 0. The molecule has 0 aliphatic heterocycles. The Labute approximate surface area is 541 Å². The van der Waals surface area contributed by atoms with Crippen molar-refractivity contribution in [2.45, 2.75) is 64.7 Å². The summed E-state index contributed by atoms with van der Waals surface area (Å²) in [6.07, 6.45) is 0. The van der Waals surface area contributed by atoms with Crippen LogP contribution < -0.4 is 33.8 Å². The summed E-state index contributed by atoms with van der Waals surface area (Å²) in [5.41, 5.74) is 27.7. The first-order valence-corrected chi connectivity index (χ1v) is 32.0. The first-order valence-electron chi connectivity index (χ1n) is 32.0. The van der Waals surface area contributed by atoms with Crippen LogP contribution in [-0.2, 0) is 16.2 Å². The van der Waals surface area contributed by atoms with E-state index in [9.17, 15) is 0 Å². The van der Waals surface area contributed by atoms with Gasteiger partial charge in [0.05, 0.1) is 20.8 Å². The third-order valence-electron chi connectivity index (χ3n) is 19.6. The van der Waals surface area contributed by atoms with Gasteiger partial charge in [-0.25, -0.2) is 0 Å². The molecule has 92 heavy (non-hydrogen) atoms. The molecule has 452 valence electrons. The number of rotatable bonds is 16. The Morgan fingerprint density at radius 3 is 0.815 bits per heavy atom. The molecule has 0 N–H and O–H groups in total. The lowest BCUT2D eigenvalue weighted by molar-refractivity contribution is 0.340. The minimum Gasteiger partial charge on any atom is -0.497 e. The van der Waals surface area contributed by atoms with E-state index in [-0.39, 0.29) is 16.2 Å². The van der Waals surface area contributed by atoms with Crippen LogP contribution in [0.4, 0.5) is 68.2 Å². The van der Waals surface area contributed by atoms with E-state index in [0.29, 0.717) is 6.61 Å². The molecule has 0 bridgehead atoms. The molecule has 0 saturated carbocycles. The minimum absolute atomic E-state index is 0.115. The molecule has 15 rings (SSSR count). The van der Waals surface area contributed by atoms with Gasteiger partial charge in [-0.05, 0) is 256 Å². The van der Waals surface area contributed by atoms with E-state index >= 15 is 0 Å². The van der Waals surface area contributed by atoms with Crippen molar-refractivity contribution in [3.05, 3.63) is 306 Å². The van der Waals surface area contributed by atoms with Gasteiger partial charge in [0.15, 0.2) is 0 Å². The number of hydrogen-bond donors (Lipinski definition) is 0. The van der Waals surface area contributed by atoms with Gasteiger partial charge in [-0.2, -0.15) is 0 Å². The van der Waals surface area contributed by atoms with Gasteiger partial charge in [0, 0.05) is 84.5 Å². The largest absolute Gasteiger partial charge is 0.497 e. The Kier molecular flexibility index (Phi) is 14.2. The standard InChI is InChI=1S/C85H74N4O3/c1-10-92-70-48-39-64(40-49-70)87(65-43-52-80-76(53-65)73-19-13-16-22-79(73)83(80,2)3)59-29-23-56(24-30-59)86(57-25-31-60(32-26-57)88(62-35-44-68(90-8)45-36-62)66-41-50-74-71-17-11-14-20-77(71)84(4,5)81(74)54-66)58-27-33-61(34-28-58)89(63-37-46-69(91-9)47-38-63)67-42-51-75-72-18-12-15-21-78(72)85(6,7)82(75)55-67/h11-55H,10H2,1-9H3. The zero-order valence-corrected chi connectivity index (χ0v) is 53.7. The molecule has 0 unspecified atom stereocenters. The first kappa shape index (κ1) is 57.7. The predicted octanol–water partition coefficient (Wildman–Crippen LogP) is 22.9. The second kappa shape index (κ2) is 22.6. The second-order valence-electron chi connectivity index (χ2n) is 25.9. The van der Waals surface area contributed by atoms with Crippen LogP contribution in [0.2, 0.25) is 0 Å². The Bertz CT molecular complexity index is 4540. The van der Waals surface area contributed by atoms with Crippen molar-refractivity contribution in [2.75, 3.05) is 40.4 Å². The second-order valence-corrected chi connectivity index (χ2v) is 25.9. The maximum absolute atomic E-state index is 5.98. The molecule has 0 spiro atoms. The van der Waals surface area contributed by atoms with E-state index in [2.05, 4.69) is 310 Å². The van der Waals surface area contributed by atoms with Crippen LogP contribution >= 0.6 is 0 Å². The van der Waals surface area contributed by atoms with Crippen LogP contribution in [0.1, 0.15) is 81.8 Å². The number of methoxy groups -OCH3 is 2. The van der Waals surface area contributed by atoms with Crippen molar-refractivity contribution in [1.29, 1.82) is 0 Å². The quantitative estimate of drug-likeness (QED) is 0.0955. The lowest BCUT2D eigenvalue weighted by Gasteiger charge is -2.31. The monoisotopic (exact) mass is 1200 g/mol. The average molecular weight is 1200 g/mol. The molecule has 0 atom stereocenters. The highest BCUT2D eigenvalue weighted by atomic mass is 16.5. The number of hydrogen-bond acceptors (Lipinski definition) is 7. The maximum atomic E-state index is 5.98. The summed E-state index contributed by atoms with van der Waals surface area (Å²) in [6.45, 7) is 16.7. The van der Waals surface area contributed by atoms with Crippen molar-refractivity contribution >= 4 is 68.2 Å². The lowest BCUT2D eigenvalue weighted by atomic mass is 9.82. The highest BCUT2D eigenvalue weighted by Crippen LogP contribution is 2.55. The van der Waals surface area contributed by atoms with Gasteiger partial charge in [0.25, 0.3) is 0 Å². The smallest absolute Gasteiger partial charge is 0.119 e. The third-order valence-corrected chi connectivity index (χ3v) is 19.6. The Hall–Kier alpha value is -10.8. The van der Waals surface area contributed by atoms with Crippen LogP contribution in [-0.4, -0.2) is 20.8 Å². The number of ether oxygens (including phenoxy) is 3. The number of nitrogens with zero attached hydrogens (tertiary/aromatic N) is 4. The fourth-order valence-corrected chi connectivity index (χ4v) is 14.9. The predicted molar refractivity (Wildman–Crippen MR) is 382 cm³/mol. The number of fused-ring (bicyclic) bond motifs is 9. The van der Waals surface area contributed by atoms with Crippen LogP contribution in [0.5, 0.6) is 17.2 Å². The molecule has 0 aromatic heterocycles. The van der Waals surface area contributed by atoms with Gasteiger partial charge in [0.1, 0.15) is 17.2 Å². The first-order chi connectivity index (χ1) is 44.7. The molecule has 0 saturated heterocycles. The summed E-state index contributed by atoms with van der Waals surface area (Å²) >= 11 is 0. The Morgan fingerprint density at radius 2 is 0.478 bits per heavy atom. The van der Waals surface area contributed by atoms with Crippen molar-refractivity contribution in [3.8, 4) is 50.6 Å². The zero-order valence-electron chi connectivity index (χ0n) is 53.7. The number of anilines is 12. The molecular formula is C85H74N4O3. The van der Waals surface area contributed by atoms with Crippen LogP contribution in [0, 0.1) is 0 Å². The van der Waals surface area contributed by atoms with E-state index in [1.165, 1.54) is 66.8 Å². The zero-order chi connectivity index (χ0) is 63.0. The maximum Gasteiger partial charge on any atom is 0.119 e. The van der Waals surface area contributed by atoms with Crippen molar-refractivity contribution < 1.29 is 14.2 Å². The van der Waals surface area contributed by atoms with E-state index < -0.39 is 0 Å². The fraction of sp³-hybridized carbons (Fsp3) is 0.153. The summed E-state index contributed by atoms with van der Waals surface area (Å²) in [4.78, 5) is 9.45. The van der Waals surface area contributed by atoms with Gasteiger partial charge in [-0.1, -0.05) is 133 Å². The van der Waals surface area contributed by atoms with E-state index in [0.717, 1.165) is 85.5 Å². The molecule has 7 nitrogen and oxygen atoms in total. The van der Waals surface area contributed by atoms with Crippen molar-refractivity contribution in [3.63, 3.8) is 0 Å². The summed E-state index contributed by atoms with van der Waals surface area (Å²) < 4.78 is 17.4. The summed E-state index contributed by atoms with van der Waals surface area (Å²) in [7, 11) is 3.44. The van der Waals surface area contributed by atoms with E-state index in [4.69, 9.17) is 14.2 Å². The van der Waals surface area contributed by atoms with E-state index in [1.807, 2.05) is 31.2 Å². The van der Waals surface area contributed by atoms with Crippen LogP contribution in [0.3, 0.4) is 0 Å². The topological polar surface area (TPSA) is 40.7 Å². The molecule has 0 fully saturated rings. The molecule has 7 heteroatoms. The normalized spacial score (nSPS) is 13.8. The van der Waals surface area contributed by atoms with Gasteiger partial charge >= 0.3 is 0 Å². The fourth-order valence-electron chi connectivity index (χ4n) is 14.9. The van der Waals surface area contributed by atoms with Gasteiger partial charge in [-0.3, -0.25) is 0 Å². The summed E-state index contributed by atoms with van der Waals surface area (Å²) in [5.74, 6) is 2.45. The Balaban J connectivity index is 0.854. The molecule has 12 aromatic rings. The van der Waals surface area contributed by atoms with Crippen molar-refractivity contribution in [1.82, 2.24) is 0 Å². The van der Waals surface area contributed by atoms with Crippen molar-refractivity contribution in [2.24, 2.45) is 0 Å². The molecule has 0 heterocycles. The molecule has 12 aromatic carbocycles. The lowest BCUT2D eigenvalue weighted by Crippen LogP contribution is -2.17. The SMILES string of the molecule is CCOc1ccc(N(c2ccc(N(c3ccc(N(c4ccc(OC)cc4)c4ccc5c(c4)C(C)(C)c4ccccc4-5)cc3)c3ccc(N(c4ccc(OC)cc4)c4ccc5c(c4)C(C)(C)c4ccccc4-5)cc3)cc2)c2ccc3c(c2)-c2ccccc2C3(C)C)cc1. The minimum atomic E-state index is -0.172. The molecule has 0 radical (unpaired) electrons. The van der Waals surface area contributed by atoms with Gasteiger partial charge < -0.3 is 33.8 Å². The molecular weight excluding hydrogens is 1120 g/mol. The van der Waals surface area contributed by atoms with E-state index in [1.54, 1.807) is 14.2 Å². The summed E-state index contributed by atoms with van der Waals surface area (Å²) in [6, 6.07) is 99.7. The van der Waals surface area contributed by atoms with Crippen LogP contribution in [0.25, 0.3) is 33.4 Å². The van der Waals surface area contributed by atoms with Gasteiger partial charge in [-0.15, -0.1) is 0 Å². The average Bonchev–Trinajstić information content (AvgIpc) is 1.74. The Morgan fingerprint density at radius 1 is 0.239 bits per heavy atom. The highest BCUT2D eigenvalue weighted by molar-refractivity contribution is 5.91. The van der Waals surface area contributed by atoms with Gasteiger partial charge in [0.2, 0.25) is 0 Å².